The van der Waals surface area contributed by atoms with E-state index in [1.165, 1.54) is 6.07 Å². The molecule has 0 amide bonds. The normalized spacial score (nSPS) is 10.4. The van der Waals surface area contributed by atoms with Crippen molar-refractivity contribution in [3.05, 3.63) is 45.7 Å². The summed E-state index contributed by atoms with van der Waals surface area (Å²) in [4.78, 5) is 27.7. The minimum absolute atomic E-state index is 0.248. The van der Waals surface area contributed by atoms with E-state index in [4.69, 9.17) is 9.84 Å². The topological polar surface area (TPSA) is 82.6 Å². The molecule has 122 valence electrons. The summed E-state index contributed by atoms with van der Waals surface area (Å²) in [6.07, 6.45) is 0.601. The lowest BCUT2D eigenvalue weighted by Gasteiger charge is -2.18. The first-order chi connectivity index (χ1) is 10.9. The summed E-state index contributed by atoms with van der Waals surface area (Å²) in [6, 6.07) is 7.04. The average Bonchev–Trinajstić information content (AvgIpc) is 2.53. The van der Waals surface area contributed by atoms with E-state index in [1.54, 1.807) is 7.11 Å². The summed E-state index contributed by atoms with van der Waals surface area (Å²) >= 11 is 0. The number of pyridine rings is 1. The van der Waals surface area contributed by atoms with Crippen LogP contribution in [0.3, 0.4) is 0 Å². The number of carboxylic acids is 1. The number of hydrogen-bond donors (Lipinski definition) is 2. The summed E-state index contributed by atoms with van der Waals surface area (Å²) in [5.74, 6) is -0.550. The molecule has 0 atom stereocenters. The number of anilines is 1. The van der Waals surface area contributed by atoms with Crippen molar-refractivity contribution < 1.29 is 14.6 Å². The maximum absolute atomic E-state index is 12.0. The number of nitrogens with zero attached hydrogens (tertiary/aromatic N) is 1. The van der Waals surface area contributed by atoms with Crippen molar-refractivity contribution in [1.29, 1.82) is 0 Å². The van der Waals surface area contributed by atoms with Gasteiger partial charge in [0.05, 0.1) is 18.5 Å². The average molecular weight is 316 g/mol. The van der Waals surface area contributed by atoms with Crippen molar-refractivity contribution in [1.82, 2.24) is 4.98 Å². The number of aryl methyl sites for hydroxylation is 1. The number of H-pyrrole nitrogens is 1. The Morgan fingerprint density at radius 2 is 2.00 bits per heavy atom. The Morgan fingerprint density at radius 3 is 2.52 bits per heavy atom. The Morgan fingerprint density at radius 1 is 1.30 bits per heavy atom. The summed E-state index contributed by atoms with van der Waals surface area (Å²) in [5.41, 5.74) is 2.22. The van der Waals surface area contributed by atoms with Crippen molar-refractivity contribution in [3.8, 4) is 17.0 Å². The number of benzene rings is 1. The van der Waals surface area contributed by atoms with Gasteiger partial charge < -0.3 is 19.7 Å². The quantitative estimate of drug-likeness (QED) is 0.885. The molecule has 0 saturated heterocycles. The van der Waals surface area contributed by atoms with Crippen LogP contribution in [0, 0.1) is 0 Å². The molecule has 0 aliphatic rings. The van der Waals surface area contributed by atoms with Gasteiger partial charge in [0.1, 0.15) is 11.3 Å². The molecular formula is C17H20N2O4. The lowest BCUT2D eigenvalue weighted by atomic mass is 10.0. The zero-order valence-corrected chi connectivity index (χ0v) is 13.6. The summed E-state index contributed by atoms with van der Waals surface area (Å²) in [5, 5.41) is 9.08. The number of methoxy groups -OCH3 is 1. The minimum atomic E-state index is -1.23. The van der Waals surface area contributed by atoms with E-state index >= 15 is 0 Å². The molecule has 0 unspecified atom stereocenters. The van der Waals surface area contributed by atoms with E-state index in [2.05, 4.69) is 4.98 Å². The molecule has 0 saturated carbocycles. The van der Waals surface area contributed by atoms with Gasteiger partial charge in [0.15, 0.2) is 0 Å². The third-order valence-corrected chi connectivity index (χ3v) is 3.68. The predicted molar refractivity (Wildman–Crippen MR) is 89.7 cm³/mol. The van der Waals surface area contributed by atoms with Crippen LogP contribution in [0.25, 0.3) is 11.3 Å². The first kappa shape index (κ1) is 16.6. The van der Waals surface area contributed by atoms with Crippen LogP contribution in [0.15, 0.2) is 29.1 Å². The number of carbonyl (C=O) groups is 1. The molecule has 2 aromatic rings. The smallest absolute Gasteiger partial charge is 0.341 e. The van der Waals surface area contributed by atoms with Crippen LogP contribution in [-0.2, 0) is 6.42 Å². The monoisotopic (exact) mass is 316 g/mol. The second-order valence-corrected chi connectivity index (χ2v) is 5.35. The van der Waals surface area contributed by atoms with E-state index in [0.29, 0.717) is 17.9 Å². The molecule has 0 aliphatic heterocycles. The van der Waals surface area contributed by atoms with Crippen molar-refractivity contribution in [3.63, 3.8) is 0 Å². The van der Waals surface area contributed by atoms with E-state index < -0.39 is 11.5 Å². The maximum atomic E-state index is 12.0. The van der Waals surface area contributed by atoms with Gasteiger partial charge in [-0.2, -0.15) is 0 Å². The highest BCUT2D eigenvalue weighted by molar-refractivity contribution is 5.88. The van der Waals surface area contributed by atoms with E-state index in [9.17, 15) is 9.59 Å². The number of ether oxygens (including phenoxy) is 1. The Kier molecular flexibility index (Phi) is 4.74. The van der Waals surface area contributed by atoms with Crippen LogP contribution in [0.4, 0.5) is 5.69 Å². The fraction of sp³-hybridized carbons (Fsp3) is 0.294. The maximum Gasteiger partial charge on any atom is 0.341 e. The first-order valence-corrected chi connectivity index (χ1v) is 7.24. The highest BCUT2D eigenvalue weighted by atomic mass is 16.5. The van der Waals surface area contributed by atoms with E-state index in [0.717, 1.165) is 16.8 Å². The summed E-state index contributed by atoms with van der Waals surface area (Å²) in [7, 11) is 5.42. The second kappa shape index (κ2) is 6.56. The minimum Gasteiger partial charge on any atom is -0.495 e. The lowest BCUT2D eigenvalue weighted by molar-refractivity contribution is 0.0695. The molecule has 2 rings (SSSR count). The molecule has 6 heteroatoms. The van der Waals surface area contributed by atoms with Gasteiger partial charge in [-0.05, 0) is 30.2 Å². The van der Waals surface area contributed by atoms with Crippen molar-refractivity contribution in [2.24, 2.45) is 0 Å². The van der Waals surface area contributed by atoms with Gasteiger partial charge in [-0.15, -0.1) is 0 Å². The van der Waals surface area contributed by atoms with Gasteiger partial charge in [0.25, 0.3) is 5.56 Å². The SMILES string of the molecule is CCc1cc(C(=O)O)c(=O)[nH]c1-c1ccc(N(C)C)c(OC)c1. The van der Waals surface area contributed by atoms with Crippen molar-refractivity contribution in [2.45, 2.75) is 13.3 Å². The number of aromatic amines is 1. The molecular weight excluding hydrogens is 296 g/mol. The zero-order chi connectivity index (χ0) is 17.1. The third-order valence-electron chi connectivity index (χ3n) is 3.68. The number of aromatic carboxylic acids is 1. The molecule has 1 aromatic heterocycles. The van der Waals surface area contributed by atoms with Crippen LogP contribution < -0.4 is 15.2 Å². The number of aromatic nitrogens is 1. The fourth-order valence-electron chi connectivity index (χ4n) is 2.47. The molecule has 23 heavy (non-hydrogen) atoms. The Bertz CT molecular complexity index is 794. The Balaban J connectivity index is 2.64. The number of carboxylic acid groups (broad SMARTS) is 1. The summed E-state index contributed by atoms with van der Waals surface area (Å²) in [6.45, 7) is 1.91. The molecule has 2 N–H and O–H groups in total. The van der Waals surface area contributed by atoms with Gasteiger partial charge in [-0.25, -0.2) is 4.79 Å². The second-order valence-electron chi connectivity index (χ2n) is 5.35. The Hall–Kier alpha value is -2.76. The van der Waals surface area contributed by atoms with Gasteiger partial charge in [-0.1, -0.05) is 13.0 Å². The fourth-order valence-corrected chi connectivity index (χ4v) is 2.47. The highest BCUT2D eigenvalue weighted by Crippen LogP contribution is 2.32. The van der Waals surface area contributed by atoms with E-state index in [-0.39, 0.29) is 5.56 Å². The number of hydrogen-bond acceptors (Lipinski definition) is 4. The van der Waals surface area contributed by atoms with Crippen molar-refractivity contribution >= 4 is 11.7 Å². The molecule has 1 heterocycles. The van der Waals surface area contributed by atoms with Gasteiger partial charge >= 0.3 is 5.97 Å². The van der Waals surface area contributed by atoms with Gasteiger partial charge in [0, 0.05) is 19.7 Å². The van der Waals surface area contributed by atoms with Crippen LogP contribution >= 0.6 is 0 Å². The van der Waals surface area contributed by atoms with Crippen LogP contribution in [0.1, 0.15) is 22.8 Å². The number of nitrogens with one attached hydrogen (secondary N) is 1. The van der Waals surface area contributed by atoms with Crippen LogP contribution in [0.2, 0.25) is 0 Å². The molecule has 0 radical (unpaired) electrons. The highest BCUT2D eigenvalue weighted by Gasteiger charge is 2.15. The predicted octanol–water partition coefficient (Wildman–Crippen LogP) is 2.38. The standard InChI is InChI=1S/C17H20N2O4/c1-5-10-8-12(17(21)22)16(20)18-15(10)11-6-7-13(19(2)3)14(9-11)23-4/h6-9H,5H2,1-4H3,(H,18,20)(H,21,22). The first-order valence-electron chi connectivity index (χ1n) is 7.24. The van der Waals surface area contributed by atoms with Crippen LogP contribution in [-0.4, -0.2) is 37.3 Å². The molecule has 6 nitrogen and oxygen atoms in total. The van der Waals surface area contributed by atoms with Gasteiger partial charge in [-0.3, -0.25) is 4.79 Å². The molecule has 0 spiro atoms. The largest absolute Gasteiger partial charge is 0.495 e. The molecule has 0 aliphatic carbocycles. The Labute approximate surface area is 134 Å². The van der Waals surface area contributed by atoms with E-state index in [1.807, 2.05) is 44.1 Å². The summed E-state index contributed by atoms with van der Waals surface area (Å²) < 4.78 is 5.41. The number of rotatable bonds is 5. The molecule has 0 bridgehead atoms. The van der Waals surface area contributed by atoms with Crippen LogP contribution in [0.5, 0.6) is 5.75 Å². The van der Waals surface area contributed by atoms with Gasteiger partial charge in [0.2, 0.25) is 0 Å². The van der Waals surface area contributed by atoms with Crippen molar-refractivity contribution in [2.75, 3.05) is 26.1 Å². The zero-order valence-electron chi connectivity index (χ0n) is 13.6. The molecule has 1 aromatic carbocycles. The lowest BCUT2D eigenvalue weighted by Crippen LogP contribution is -2.19. The third kappa shape index (κ3) is 3.21. The molecule has 0 fully saturated rings.